The summed E-state index contributed by atoms with van der Waals surface area (Å²) in [5, 5.41) is 13.4. The van der Waals surface area contributed by atoms with Gasteiger partial charge in [-0.25, -0.2) is 4.98 Å². The quantitative estimate of drug-likeness (QED) is 0.636. The van der Waals surface area contributed by atoms with E-state index in [4.69, 9.17) is 0 Å². The number of rotatable bonds is 6. The Morgan fingerprint density at radius 1 is 1.53 bits per heavy atom. The summed E-state index contributed by atoms with van der Waals surface area (Å²) in [4.78, 5) is 27.4. The maximum absolute atomic E-state index is 11.8. The van der Waals surface area contributed by atoms with Crippen LogP contribution in [-0.4, -0.2) is 40.3 Å². The van der Waals surface area contributed by atoms with Crippen molar-refractivity contribution in [1.29, 1.82) is 0 Å². The summed E-state index contributed by atoms with van der Waals surface area (Å²) >= 11 is 3.18. The monoisotopic (exact) mass is 330 g/mol. The summed E-state index contributed by atoms with van der Waals surface area (Å²) in [6, 6.07) is 1.34. The van der Waals surface area contributed by atoms with Gasteiger partial charge >= 0.3 is 0 Å². The predicted molar refractivity (Wildman–Crippen MR) is 75.0 cm³/mol. The summed E-state index contributed by atoms with van der Waals surface area (Å²) in [6.07, 6.45) is 1.15. The van der Waals surface area contributed by atoms with Crippen LogP contribution in [0.4, 0.5) is 11.5 Å². The largest absolute Gasteiger partial charge is 0.360 e. The number of carbonyl (C=O) groups excluding carboxylic acids is 1. The molecule has 0 aromatic carbocycles. The maximum Gasteiger partial charge on any atom is 0.288 e. The van der Waals surface area contributed by atoms with Crippen molar-refractivity contribution in [3.05, 3.63) is 26.9 Å². The van der Waals surface area contributed by atoms with Gasteiger partial charge in [-0.15, -0.1) is 0 Å². The number of nitrogens with zero attached hydrogens (tertiary/aromatic N) is 3. The van der Waals surface area contributed by atoms with Crippen LogP contribution >= 0.6 is 15.9 Å². The number of nitro groups is 1. The van der Waals surface area contributed by atoms with Gasteiger partial charge in [0.15, 0.2) is 0 Å². The first-order valence-electron chi connectivity index (χ1n) is 5.81. The van der Waals surface area contributed by atoms with E-state index in [2.05, 4.69) is 26.2 Å². The average molecular weight is 331 g/mol. The van der Waals surface area contributed by atoms with E-state index in [0.717, 1.165) is 6.20 Å². The Morgan fingerprint density at radius 3 is 2.63 bits per heavy atom. The van der Waals surface area contributed by atoms with Crippen LogP contribution in [0.2, 0.25) is 0 Å². The van der Waals surface area contributed by atoms with Crippen LogP contribution in [0.5, 0.6) is 0 Å². The molecule has 1 rings (SSSR count). The molecule has 8 heteroatoms. The highest BCUT2D eigenvalue weighted by Gasteiger charge is 2.13. The smallest absolute Gasteiger partial charge is 0.288 e. The molecule has 1 heterocycles. The van der Waals surface area contributed by atoms with E-state index in [1.54, 1.807) is 4.90 Å². The standard InChI is InChI=1S/C11H15BrN4O3/c1-3-15(4-2)10(17)7-14-11-9(12)5-8(6-13-11)16(18)19/h5-6H,3-4,7H2,1-2H3,(H,13,14). The Morgan fingerprint density at radius 2 is 2.16 bits per heavy atom. The molecule has 19 heavy (non-hydrogen) atoms. The molecule has 0 fully saturated rings. The fraction of sp³-hybridized carbons (Fsp3) is 0.455. The Hall–Kier alpha value is -1.70. The zero-order valence-corrected chi connectivity index (χ0v) is 12.3. The first-order chi connectivity index (χ1) is 8.99. The van der Waals surface area contributed by atoms with Crippen LogP contribution in [0.15, 0.2) is 16.7 Å². The minimum atomic E-state index is -0.525. The number of halogens is 1. The molecule has 0 aliphatic rings. The van der Waals surface area contributed by atoms with Gasteiger partial charge in [0.05, 0.1) is 15.9 Å². The number of aromatic nitrogens is 1. The third kappa shape index (κ3) is 4.16. The van der Waals surface area contributed by atoms with Gasteiger partial charge in [-0.2, -0.15) is 0 Å². The van der Waals surface area contributed by atoms with Gasteiger partial charge in [-0.3, -0.25) is 14.9 Å². The second kappa shape index (κ2) is 7.03. The summed E-state index contributed by atoms with van der Waals surface area (Å²) in [7, 11) is 0. The van der Waals surface area contributed by atoms with Gasteiger partial charge < -0.3 is 10.2 Å². The van der Waals surface area contributed by atoms with Crippen molar-refractivity contribution in [3.8, 4) is 0 Å². The van der Waals surface area contributed by atoms with Crippen LogP contribution in [0.1, 0.15) is 13.8 Å². The van der Waals surface area contributed by atoms with Gasteiger partial charge in [-0.1, -0.05) is 0 Å². The van der Waals surface area contributed by atoms with Gasteiger partial charge in [0, 0.05) is 19.2 Å². The predicted octanol–water partition coefficient (Wildman–Crippen LogP) is 2.03. The molecule has 0 saturated carbocycles. The topological polar surface area (TPSA) is 88.4 Å². The molecule has 0 unspecified atom stereocenters. The Labute approximate surface area is 119 Å². The molecule has 0 spiro atoms. The lowest BCUT2D eigenvalue weighted by atomic mass is 10.4. The van der Waals surface area contributed by atoms with Gasteiger partial charge in [0.1, 0.15) is 12.0 Å². The molecular weight excluding hydrogens is 316 g/mol. The maximum atomic E-state index is 11.8. The van der Waals surface area contributed by atoms with Crippen molar-refractivity contribution in [2.75, 3.05) is 25.0 Å². The van der Waals surface area contributed by atoms with Gasteiger partial charge in [0.25, 0.3) is 5.69 Å². The number of amides is 1. The lowest BCUT2D eigenvalue weighted by Gasteiger charge is -2.19. The van der Waals surface area contributed by atoms with Crippen LogP contribution in [0.3, 0.4) is 0 Å². The van der Waals surface area contributed by atoms with Crippen molar-refractivity contribution in [1.82, 2.24) is 9.88 Å². The molecule has 1 aromatic heterocycles. The molecule has 1 N–H and O–H groups in total. The molecule has 104 valence electrons. The molecule has 0 bridgehead atoms. The Balaban J connectivity index is 2.68. The molecule has 1 aromatic rings. The zero-order valence-electron chi connectivity index (χ0n) is 10.7. The number of likely N-dealkylation sites (N-methyl/N-ethyl adjacent to an activating group) is 1. The van der Waals surface area contributed by atoms with E-state index in [-0.39, 0.29) is 18.1 Å². The van der Waals surface area contributed by atoms with Gasteiger partial charge in [0.2, 0.25) is 5.91 Å². The number of pyridine rings is 1. The van der Waals surface area contributed by atoms with E-state index >= 15 is 0 Å². The Kier molecular flexibility index (Phi) is 5.68. The number of hydrogen-bond acceptors (Lipinski definition) is 5. The highest BCUT2D eigenvalue weighted by molar-refractivity contribution is 9.10. The minimum Gasteiger partial charge on any atom is -0.360 e. The second-order valence-electron chi connectivity index (χ2n) is 3.70. The lowest BCUT2D eigenvalue weighted by Crippen LogP contribution is -2.35. The fourth-order valence-electron chi connectivity index (χ4n) is 1.51. The molecule has 1 amide bonds. The molecule has 0 atom stereocenters. The van der Waals surface area contributed by atoms with E-state index in [9.17, 15) is 14.9 Å². The van der Waals surface area contributed by atoms with Crippen molar-refractivity contribution >= 4 is 33.3 Å². The van der Waals surface area contributed by atoms with Crippen LogP contribution in [0, 0.1) is 10.1 Å². The molecule has 0 radical (unpaired) electrons. The third-order valence-electron chi connectivity index (χ3n) is 2.56. The molecule has 0 aliphatic heterocycles. The van der Waals surface area contributed by atoms with Crippen molar-refractivity contribution < 1.29 is 9.72 Å². The van der Waals surface area contributed by atoms with Crippen LogP contribution in [0.25, 0.3) is 0 Å². The normalized spacial score (nSPS) is 10.1. The van der Waals surface area contributed by atoms with E-state index in [0.29, 0.717) is 23.4 Å². The van der Waals surface area contributed by atoms with Crippen molar-refractivity contribution in [2.45, 2.75) is 13.8 Å². The van der Waals surface area contributed by atoms with Crippen LogP contribution in [-0.2, 0) is 4.79 Å². The molecule has 0 aliphatic carbocycles. The number of anilines is 1. The van der Waals surface area contributed by atoms with Crippen molar-refractivity contribution in [2.24, 2.45) is 0 Å². The highest BCUT2D eigenvalue weighted by atomic mass is 79.9. The Bertz CT molecular complexity index is 477. The minimum absolute atomic E-state index is 0.0444. The second-order valence-corrected chi connectivity index (χ2v) is 4.55. The number of carbonyl (C=O) groups is 1. The average Bonchev–Trinajstić information content (AvgIpc) is 2.38. The summed E-state index contributed by atoms with van der Waals surface area (Å²) < 4.78 is 0.453. The van der Waals surface area contributed by atoms with Crippen LogP contribution < -0.4 is 5.32 Å². The molecular formula is C11H15BrN4O3. The molecule has 0 saturated heterocycles. The zero-order chi connectivity index (χ0) is 14.4. The van der Waals surface area contributed by atoms with E-state index < -0.39 is 4.92 Å². The summed E-state index contributed by atoms with van der Waals surface area (Å²) in [5.41, 5.74) is -0.104. The highest BCUT2D eigenvalue weighted by Crippen LogP contribution is 2.24. The summed E-state index contributed by atoms with van der Waals surface area (Å²) in [5.74, 6) is 0.364. The SMILES string of the molecule is CCN(CC)C(=O)CNc1ncc([N+](=O)[O-])cc1Br. The third-order valence-corrected chi connectivity index (χ3v) is 3.17. The first kappa shape index (κ1) is 15.4. The van der Waals surface area contributed by atoms with Gasteiger partial charge in [-0.05, 0) is 29.8 Å². The van der Waals surface area contributed by atoms with E-state index in [1.807, 2.05) is 13.8 Å². The summed E-state index contributed by atoms with van der Waals surface area (Å²) in [6.45, 7) is 5.20. The molecule has 7 nitrogen and oxygen atoms in total. The first-order valence-corrected chi connectivity index (χ1v) is 6.60. The van der Waals surface area contributed by atoms with Crippen molar-refractivity contribution in [3.63, 3.8) is 0 Å². The fourth-order valence-corrected chi connectivity index (χ4v) is 1.98. The van der Waals surface area contributed by atoms with E-state index in [1.165, 1.54) is 6.07 Å². The number of hydrogen-bond donors (Lipinski definition) is 1. The number of nitrogens with one attached hydrogen (secondary N) is 1. The lowest BCUT2D eigenvalue weighted by molar-refractivity contribution is -0.385.